The Labute approximate surface area is 92.9 Å². The molecule has 5 heteroatoms. The summed E-state index contributed by atoms with van der Waals surface area (Å²) in [6.45, 7) is 0.486. The Bertz CT molecular complexity index is 318. The molecule has 0 unspecified atom stereocenters. The number of hydroxylamine groups is 1. The minimum Gasteiger partial charge on any atom is -0.495 e. The Balaban J connectivity index is 2.99. The predicted octanol–water partition coefficient (Wildman–Crippen LogP) is 2.65. The van der Waals surface area contributed by atoms with Gasteiger partial charge in [0.2, 0.25) is 0 Å². The monoisotopic (exact) mass is 235 g/mol. The van der Waals surface area contributed by atoms with Crippen LogP contribution < -0.4 is 10.2 Å². The van der Waals surface area contributed by atoms with E-state index in [0.29, 0.717) is 22.3 Å². The molecule has 0 atom stereocenters. The molecular weight excluding hydrogens is 225 g/mol. The maximum Gasteiger partial charge on any atom is 0.142 e. The molecule has 0 saturated carbocycles. The normalized spacial score (nSPS) is 10.3. The Kier molecular flexibility index (Phi) is 4.48. The lowest BCUT2D eigenvalue weighted by Crippen LogP contribution is -2.11. The van der Waals surface area contributed by atoms with Crippen LogP contribution in [0, 0.1) is 0 Å². The summed E-state index contributed by atoms with van der Waals surface area (Å²) >= 11 is 11.8. The molecule has 0 saturated heterocycles. The van der Waals surface area contributed by atoms with E-state index in [1.165, 1.54) is 0 Å². The largest absolute Gasteiger partial charge is 0.495 e. The molecule has 1 aromatic rings. The highest BCUT2D eigenvalue weighted by Crippen LogP contribution is 2.31. The van der Waals surface area contributed by atoms with E-state index in [9.17, 15) is 0 Å². The van der Waals surface area contributed by atoms with Crippen molar-refractivity contribution in [3.05, 3.63) is 27.7 Å². The molecule has 0 aliphatic heterocycles. The van der Waals surface area contributed by atoms with Gasteiger partial charge in [-0.25, -0.2) is 0 Å². The summed E-state index contributed by atoms with van der Waals surface area (Å²) in [5, 5.41) is 1.07. The fourth-order valence-corrected chi connectivity index (χ4v) is 1.74. The molecule has 1 aromatic carbocycles. The summed E-state index contributed by atoms with van der Waals surface area (Å²) < 4.78 is 5.14. The number of nitrogens with one attached hydrogen (secondary N) is 1. The minimum absolute atomic E-state index is 0.486. The van der Waals surface area contributed by atoms with Gasteiger partial charge in [-0.05, 0) is 12.1 Å². The van der Waals surface area contributed by atoms with Crippen LogP contribution in [0.25, 0.3) is 0 Å². The summed E-state index contributed by atoms with van der Waals surface area (Å²) in [6.07, 6.45) is 0. The number of rotatable bonds is 4. The zero-order chi connectivity index (χ0) is 10.6. The molecule has 1 rings (SSSR count). The lowest BCUT2D eigenvalue weighted by molar-refractivity contribution is 0.0861. The second kappa shape index (κ2) is 5.41. The van der Waals surface area contributed by atoms with Gasteiger partial charge in [-0.15, -0.1) is 0 Å². The van der Waals surface area contributed by atoms with Gasteiger partial charge in [0, 0.05) is 17.1 Å². The van der Waals surface area contributed by atoms with E-state index in [-0.39, 0.29) is 0 Å². The average Bonchev–Trinajstić information content (AvgIpc) is 2.14. The van der Waals surface area contributed by atoms with Crippen LogP contribution in [-0.2, 0) is 11.4 Å². The standard InChI is InChI=1S/C9H11Cl2NO2/c1-13-9-6(5-12-14-2)3-7(10)4-8(9)11/h3-4,12H,5H2,1-2H3. The van der Waals surface area contributed by atoms with Crippen molar-refractivity contribution in [3.8, 4) is 5.75 Å². The van der Waals surface area contributed by atoms with Crippen LogP contribution in [0.3, 0.4) is 0 Å². The molecule has 3 nitrogen and oxygen atoms in total. The highest BCUT2D eigenvalue weighted by molar-refractivity contribution is 6.35. The molecule has 78 valence electrons. The molecule has 0 radical (unpaired) electrons. The molecular formula is C9H11Cl2NO2. The van der Waals surface area contributed by atoms with Gasteiger partial charge in [0.05, 0.1) is 19.2 Å². The molecule has 0 aromatic heterocycles. The van der Waals surface area contributed by atoms with Crippen LogP contribution in [-0.4, -0.2) is 14.2 Å². The molecule has 0 fully saturated rings. The van der Waals surface area contributed by atoms with E-state index in [2.05, 4.69) is 5.48 Å². The molecule has 0 bridgehead atoms. The Morgan fingerprint density at radius 1 is 1.29 bits per heavy atom. The van der Waals surface area contributed by atoms with Crippen LogP contribution in [0.1, 0.15) is 5.56 Å². The van der Waals surface area contributed by atoms with Gasteiger partial charge < -0.3 is 9.57 Å². The Morgan fingerprint density at radius 2 is 2.00 bits per heavy atom. The van der Waals surface area contributed by atoms with Gasteiger partial charge in [-0.3, -0.25) is 0 Å². The smallest absolute Gasteiger partial charge is 0.142 e. The quantitative estimate of drug-likeness (QED) is 0.815. The molecule has 0 amide bonds. The van der Waals surface area contributed by atoms with Crippen molar-refractivity contribution in [2.45, 2.75) is 6.54 Å². The van der Waals surface area contributed by atoms with Gasteiger partial charge in [0.25, 0.3) is 0 Å². The van der Waals surface area contributed by atoms with E-state index in [0.717, 1.165) is 5.56 Å². The highest BCUT2D eigenvalue weighted by Gasteiger charge is 2.08. The average molecular weight is 236 g/mol. The van der Waals surface area contributed by atoms with E-state index in [4.69, 9.17) is 32.8 Å². The predicted molar refractivity (Wildman–Crippen MR) is 56.9 cm³/mol. The van der Waals surface area contributed by atoms with Crippen molar-refractivity contribution >= 4 is 23.2 Å². The third-order valence-electron chi connectivity index (χ3n) is 1.70. The Morgan fingerprint density at radius 3 is 2.57 bits per heavy atom. The molecule has 0 heterocycles. The van der Waals surface area contributed by atoms with Crippen molar-refractivity contribution in [1.82, 2.24) is 5.48 Å². The summed E-state index contributed by atoms with van der Waals surface area (Å²) in [5.74, 6) is 0.612. The Hall–Kier alpha value is -0.480. The number of hydrogen-bond donors (Lipinski definition) is 1. The fraction of sp³-hybridized carbons (Fsp3) is 0.333. The van der Waals surface area contributed by atoms with Crippen molar-refractivity contribution in [2.24, 2.45) is 0 Å². The zero-order valence-corrected chi connectivity index (χ0v) is 9.45. The van der Waals surface area contributed by atoms with Crippen molar-refractivity contribution in [3.63, 3.8) is 0 Å². The molecule has 1 N–H and O–H groups in total. The summed E-state index contributed by atoms with van der Waals surface area (Å²) in [7, 11) is 3.10. The lowest BCUT2D eigenvalue weighted by Gasteiger charge is -2.10. The van der Waals surface area contributed by atoms with Gasteiger partial charge in [0.15, 0.2) is 0 Å². The first-order chi connectivity index (χ1) is 6.69. The van der Waals surface area contributed by atoms with Gasteiger partial charge >= 0.3 is 0 Å². The summed E-state index contributed by atoms with van der Waals surface area (Å²) in [4.78, 5) is 4.73. The number of ether oxygens (including phenoxy) is 1. The first-order valence-electron chi connectivity index (χ1n) is 3.96. The number of benzene rings is 1. The first-order valence-corrected chi connectivity index (χ1v) is 4.72. The van der Waals surface area contributed by atoms with Crippen LogP contribution in [0.15, 0.2) is 12.1 Å². The number of hydrogen-bond acceptors (Lipinski definition) is 3. The lowest BCUT2D eigenvalue weighted by atomic mass is 10.2. The van der Waals surface area contributed by atoms with E-state index >= 15 is 0 Å². The summed E-state index contributed by atoms with van der Waals surface area (Å²) in [5.41, 5.74) is 3.55. The minimum atomic E-state index is 0.486. The van der Waals surface area contributed by atoms with E-state index in [1.807, 2.05) is 0 Å². The molecule has 0 aliphatic rings. The second-order valence-electron chi connectivity index (χ2n) is 2.61. The number of halogens is 2. The van der Waals surface area contributed by atoms with Crippen LogP contribution in [0.2, 0.25) is 10.0 Å². The van der Waals surface area contributed by atoms with Crippen LogP contribution in [0.4, 0.5) is 0 Å². The van der Waals surface area contributed by atoms with Gasteiger partial charge in [-0.1, -0.05) is 23.2 Å². The molecule has 0 aliphatic carbocycles. The molecule has 0 spiro atoms. The van der Waals surface area contributed by atoms with E-state index < -0.39 is 0 Å². The zero-order valence-electron chi connectivity index (χ0n) is 7.93. The first kappa shape index (κ1) is 11.6. The van der Waals surface area contributed by atoms with Gasteiger partial charge in [-0.2, -0.15) is 5.48 Å². The van der Waals surface area contributed by atoms with Crippen LogP contribution in [0.5, 0.6) is 5.75 Å². The second-order valence-corrected chi connectivity index (χ2v) is 3.45. The maximum absolute atomic E-state index is 5.94. The van der Waals surface area contributed by atoms with Crippen molar-refractivity contribution in [2.75, 3.05) is 14.2 Å². The third-order valence-corrected chi connectivity index (χ3v) is 2.20. The van der Waals surface area contributed by atoms with Gasteiger partial charge in [0.1, 0.15) is 5.75 Å². The maximum atomic E-state index is 5.94. The van der Waals surface area contributed by atoms with Crippen molar-refractivity contribution in [1.29, 1.82) is 0 Å². The topological polar surface area (TPSA) is 30.5 Å². The highest BCUT2D eigenvalue weighted by atomic mass is 35.5. The summed E-state index contributed by atoms with van der Waals surface area (Å²) in [6, 6.07) is 3.41. The fourth-order valence-electron chi connectivity index (χ4n) is 1.12. The SMILES string of the molecule is CONCc1cc(Cl)cc(Cl)c1OC. The van der Waals surface area contributed by atoms with Crippen molar-refractivity contribution < 1.29 is 9.57 Å². The number of methoxy groups -OCH3 is 1. The van der Waals surface area contributed by atoms with E-state index in [1.54, 1.807) is 26.4 Å². The van der Waals surface area contributed by atoms with Crippen LogP contribution >= 0.6 is 23.2 Å². The third kappa shape index (κ3) is 2.75. The molecule has 14 heavy (non-hydrogen) atoms.